The van der Waals surface area contributed by atoms with Crippen LogP contribution in [0.3, 0.4) is 0 Å². The van der Waals surface area contributed by atoms with Crippen molar-refractivity contribution in [3.63, 3.8) is 0 Å². The number of imidazole rings is 1. The predicted molar refractivity (Wildman–Crippen MR) is 161 cm³/mol. The Bertz CT molecular complexity index is 1710. The van der Waals surface area contributed by atoms with Crippen molar-refractivity contribution in [2.45, 2.75) is 49.2 Å². The number of nitrogens with one attached hydrogen (secondary N) is 2. The van der Waals surface area contributed by atoms with E-state index in [9.17, 15) is 24.3 Å². The van der Waals surface area contributed by atoms with Crippen molar-refractivity contribution in [2.75, 3.05) is 24.3 Å². The number of β-lactam (4-membered cyclic amide) rings is 1. The quantitative estimate of drug-likeness (QED) is 0.0673. The van der Waals surface area contributed by atoms with Crippen LogP contribution in [0.5, 0.6) is 0 Å². The first-order valence-corrected chi connectivity index (χ1v) is 16.2. The number of nitrogens with zero attached hydrogens (tertiary/aromatic N) is 4. The zero-order chi connectivity index (χ0) is 31.8. The number of aliphatic carboxylic acids is 1. The molecule has 5 heterocycles. The number of ether oxygens (including phenoxy) is 1. The zero-order valence-corrected chi connectivity index (χ0v) is 26.6. The summed E-state index contributed by atoms with van der Waals surface area (Å²) in [6.07, 6.45) is 3.63. The molecule has 4 N–H and O–H groups in total. The first kappa shape index (κ1) is 31.3. The van der Waals surface area contributed by atoms with Crippen molar-refractivity contribution in [2.24, 2.45) is 5.16 Å². The van der Waals surface area contributed by atoms with Gasteiger partial charge in [-0.2, -0.15) is 4.40 Å². The van der Waals surface area contributed by atoms with E-state index in [2.05, 4.69) is 20.4 Å². The van der Waals surface area contributed by atoms with Crippen LogP contribution in [0, 0.1) is 0 Å². The van der Waals surface area contributed by atoms with Gasteiger partial charge in [-0.15, -0.1) is 23.1 Å². The maximum atomic E-state index is 13.2. The number of rotatable bonds is 10. The van der Waals surface area contributed by atoms with E-state index in [1.54, 1.807) is 6.20 Å². The molecule has 0 aromatic carbocycles. The monoisotopic (exact) mass is 659 g/mol. The SMILES string of the molecule is CO/N=C(\C(=O)N[C@@H]1C(=O)N2C(C(=O)[O-])=C(CSc3ccc(CC(=O)OC(C)(C)C)c4[nH]cc[n+]34)CS[C@@H]12)c1csc(N)n1. The van der Waals surface area contributed by atoms with Crippen LogP contribution < -0.4 is 20.6 Å². The van der Waals surface area contributed by atoms with Crippen molar-refractivity contribution in [3.8, 4) is 0 Å². The number of thiazole rings is 1. The lowest BCUT2D eigenvalue weighted by Gasteiger charge is -2.50. The number of carboxylic acid groups (broad SMARTS) is 1. The fourth-order valence-electron chi connectivity index (χ4n) is 4.74. The second-order valence-corrected chi connectivity index (χ2v) is 13.7. The molecule has 0 unspecified atom stereocenters. The summed E-state index contributed by atoms with van der Waals surface area (Å²) in [6, 6.07) is 2.69. The largest absolute Gasteiger partial charge is 0.543 e. The number of esters is 1. The molecule has 2 aliphatic rings. The lowest BCUT2D eigenvalue weighted by molar-refractivity contribution is -0.553. The Labute approximate surface area is 264 Å². The minimum Gasteiger partial charge on any atom is -0.543 e. The van der Waals surface area contributed by atoms with E-state index in [-0.39, 0.29) is 40.4 Å². The lowest BCUT2D eigenvalue weighted by atomic mass is 10.0. The summed E-state index contributed by atoms with van der Waals surface area (Å²) in [5.41, 5.74) is 6.86. The first-order valence-electron chi connectivity index (χ1n) is 13.2. The number of nitrogens with two attached hydrogens (primary N) is 1. The van der Waals surface area contributed by atoms with E-state index in [0.717, 1.165) is 26.8 Å². The van der Waals surface area contributed by atoms with Gasteiger partial charge in [0.2, 0.25) is 0 Å². The third-order valence-electron chi connectivity index (χ3n) is 6.49. The molecular weight excluding hydrogens is 631 g/mol. The number of aromatic nitrogens is 3. The zero-order valence-electron chi connectivity index (χ0n) is 24.1. The molecule has 5 rings (SSSR count). The van der Waals surface area contributed by atoms with Gasteiger partial charge in [0.05, 0.1) is 23.7 Å². The van der Waals surface area contributed by atoms with E-state index in [1.165, 1.54) is 36.0 Å². The number of anilines is 1. The Kier molecular flexibility index (Phi) is 8.90. The molecular formula is C27H29N7O7S3. The highest BCUT2D eigenvalue weighted by molar-refractivity contribution is 8.01. The number of carbonyl (C=O) groups is 4. The van der Waals surface area contributed by atoms with Crippen molar-refractivity contribution < 1.29 is 38.3 Å². The Morgan fingerprint density at radius 2 is 2.11 bits per heavy atom. The molecule has 0 radical (unpaired) electrons. The Morgan fingerprint density at radius 3 is 2.77 bits per heavy atom. The third-order valence-corrected chi connectivity index (χ3v) is 9.63. The van der Waals surface area contributed by atoms with Crippen LogP contribution in [0.25, 0.3) is 5.65 Å². The molecule has 17 heteroatoms. The summed E-state index contributed by atoms with van der Waals surface area (Å²) in [4.78, 5) is 63.9. The highest BCUT2D eigenvalue weighted by Gasteiger charge is 2.53. The van der Waals surface area contributed by atoms with E-state index >= 15 is 0 Å². The van der Waals surface area contributed by atoms with Crippen LogP contribution in [-0.2, 0) is 35.2 Å². The maximum absolute atomic E-state index is 13.2. The summed E-state index contributed by atoms with van der Waals surface area (Å²) in [6.45, 7) is 5.43. The number of nitrogen functional groups attached to an aromatic ring is 1. The topological polar surface area (TPSA) is 196 Å². The number of oxime groups is 1. The highest BCUT2D eigenvalue weighted by atomic mass is 32.2. The predicted octanol–water partition coefficient (Wildman–Crippen LogP) is 0.223. The summed E-state index contributed by atoms with van der Waals surface area (Å²) < 4.78 is 7.33. The molecule has 0 aliphatic carbocycles. The molecule has 1 saturated heterocycles. The van der Waals surface area contributed by atoms with Gasteiger partial charge in [0.25, 0.3) is 17.5 Å². The summed E-state index contributed by atoms with van der Waals surface area (Å²) >= 11 is 3.83. The molecule has 3 aromatic heterocycles. The van der Waals surface area contributed by atoms with E-state index in [1.807, 2.05) is 43.5 Å². The van der Waals surface area contributed by atoms with Crippen molar-refractivity contribution in [1.29, 1.82) is 0 Å². The average Bonchev–Trinajstić information content (AvgIpc) is 3.62. The van der Waals surface area contributed by atoms with Gasteiger partial charge in [0.15, 0.2) is 15.9 Å². The molecule has 14 nitrogen and oxygen atoms in total. The van der Waals surface area contributed by atoms with Gasteiger partial charge in [-0.1, -0.05) is 16.9 Å². The van der Waals surface area contributed by atoms with E-state index in [4.69, 9.17) is 15.3 Å². The number of pyridine rings is 1. The van der Waals surface area contributed by atoms with Crippen LogP contribution >= 0.6 is 34.9 Å². The van der Waals surface area contributed by atoms with Gasteiger partial charge >= 0.3 is 5.97 Å². The molecule has 3 aromatic rings. The number of thioether (sulfide) groups is 2. The molecule has 0 spiro atoms. The Balaban J connectivity index is 1.30. The van der Waals surface area contributed by atoms with Gasteiger partial charge in [-0.05, 0) is 38.5 Å². The molecule has 232 valence electrons. The Morgan fingerprint density at radius 1 is 1.34 bits per heavy atom. The summed E-state index contributed by atoms with van der Waals surface area (Å²) in [7, 11) is 1.27. The molecule has 2 aliphatic heterocycles. The number of carbonyl (C=O) groups excluding carboxylic acids is 4. The molecule has 1 fully saturated rings. The van der Waals surface area contributed by atoms with Crippen LogP contribution in [0.4, 0.5) is 5.13 Å². The van der Waals surface area contributed by atoms with Crippen LogP contribution in [0.15, 0.2) is 51.4 Å². The molecule has 0 saturated carbocycles. The molecule has 2 amide bonds. The highest BCUT2D eigenvalue weighted by Crippen LogP contribution is 2.41. The normalized spacial score (nSPS) is 18.6. The number of H-pyrrole nitrogens is 1. The van der Waals surface area contributed by atoms with Crippen molar-refractivity contribution in [1.82, 2.24) is 20.2 Å². The minimum atomic E-state index is -1.48. The summed E-state index contributed by atoms with van der Waals surface area (Å²) in [5, 5.41) is 20.5. The second-order valence-electron chi connectivity index (χ2n) is 10.7. The Hall–Kier alpha value is -4.09. The third kappa shape index (κ3) is 6.39. The molecule has 44 heavy (non-hydrogen) atoms. The molecule has 0 bridgehead atoms. The van der Waals surface area contributed by atoms with Crippen LogP contribution in [0.1, 0.15) is 32.0 Å². The number of carboxylic acids is 1. The standard InChI is InChI=1S/C27H29N7O7S3/c1-27(2,3)41-17(35)9-13-5-6-16(33-8-7-29-21(13)33)42-10-14-11-43-24-19(23(37)34(24)20(14)25(38)39)31-22(36)18(32-40-4)15-12-44-26(28)30-15/h5-8,12,19,24H,9-11H2,1-4H3,(H4,28,30,31,36,38,39)/b32-18-/t19-,24+/m1/s1. The second kappa shape index (κ2) is 12.5. The van der Waals surface area contributed by atoms with Gasteiger partial charge < -0.3 is 30.5 Å². The fourth-order valence-corrected chi connectivity index (χ4v) is 7.78. The van der Waals surface area contributed by atoms with Gasteiger partial charge in [-0.25, -0.2) is 9.97 Å². The smallest absolute Gasteiger partial charge is 0.311 e. The van der Waals surface area contributed by atoms with E-state index in [0.29, 0.717) is 17.0 Å². The first-order chi connectivity index (χ1) is 20.9. The van der Waals surface area contributed by atoms with Gasteiger partial charge in [-0.3, -0.25) is 19.3 Å². The number of aromatic amines is 1. The maximum Gasteiger partial charge on any atom is 0.311 e. The van der Waals surface area contributed by atoms with Crippen LogP contribution in [0.2, 0.25) is 0 Å². The lowest BCUT2D eigenvalue weighted by Crippen LogP contribution is -2.71. The fraction of sp³-hybridized carbons (Fsp3) is 0.370. The van der Waals surface area contributed by atoms with Gasteiger partial charge in [0, 0.05) is 16.9 Å². The van der Waals surface area contributed by atoms with E-state index < -0.39 is 34.8 Å². The van der Waals surface area contributed by atoms with Crippen molar-refractivity contribution >= 4 is 75.1 Å². The number of hydrogen-bond acceptors (Lipinski definition) is 13. The minimum absolute atomic E-state index is 0.0790. The van der Waals surface area contributed by atoms with Crippen molar-refractivity contribution in [3.05, 3.63) is 52.4 Å². The molecule has 2 atom stereocenters. The number of hydrogen-bond donors (Lipinski definition) is 3. The number of amides is 2. The summed E-state index contributed by atoms with van der Waals surface area (Å²) in [5.74, 6) is -2.56. The average molecular weight is 660 g/mol. The number of fused-ring (bicyclic) bond motifs is 2. The van der Waals surface area contributed by atoms with Gasteiger partial charge in [0.1, 0.15) is 42.2 Å². The van der Waals surface area contributed by atoms with Crippen LogP contribution in [-0.4, -0.2) is 80.0 Å².